The summed E-state index contributed by atoms with van der Waals surface area (Å²) in [6.07, 6.45) is -2.55. The molecule has 1 aromatic carbocycles. The van der Waals surface area contributed by atoms with Gasteiger partial charge in [-0.1, -0.05) is 12.1 Å². The minimum absolute atomic E-state index is 0.00229. The van der Waals surface area contributed by atoms with Gasteiger partial charge in [0.2, 0.25) is 0 Å². The van der Waals surface area contributed by atoms with Gasteiger partial charge in [-0.05, 0) is 29.8 Å². The van der Waals surface area contributed by atoms with E-state index < -0.39 is 60.6 Å². The molecule has 37 heavy (non-hydrogen) atoms. The number of nitrogens with zero attached hydrogens (tertiary/aromatic N) is 4. The standard InChI is InChI=1S/C24H25F3N4O6/c1-2-17(33)23(36-11-12-3-5-28-6-4-12)24-22(35)20(21(34)18(10-32)37-24)31-9-16(29-30-31)13-7-14(25)19(27)15(26)8-13/h3-9,18,20-24,32,34-35H,2,10-11H2,1H3/t18?,20-,21-,22?,23+,24+/m0/s1. The highest BCUT2D eigenvalue weighted by Crippen LogP contribution is 2.34. The van der Waals surface area contributed by atoms with Crippen LogP contribution in [0.1, 0.15) is 24.9 Å². The minimum atomic E-state index is -1.64. The molecule has 0 radical (unpaired) electrons. The van der Waals surface area contributed by atoms with Crippen molar-refractivity contribution >= 4 is 5.78 Å². The van der Waals surface area contributed by atoms with Crippen molar-refractivity contribution in [3.8, 4) is 11.3 Å². The van der Waals surface area contributed by atoms with Crippen LogP contribution in [0.2, 0.25) is 0 Å². The van der Waals surface area contributed by atoms with E-state index in [-0.39, 0.29) is 30.1 Å². The predicted molar refractivity (Wildman–Crippen MR) is 120 cm³/mol. The van der Waals surface area contributed by atoms with Crippen LogP contribution in [-0.2, 0) is 20.9 Å². The Hall–Kier alpha value is -3.23. The van der Waals surface area contributed by atoms with Crippen LogP contribution in [0.15, 0.2) is 42.9 Å². The van der Waals surface area contributed by atoms with Crippen LogP contribution in [0.5, 0.6) is 0 Å². The van der Waals surface area contributed by atoms with Crippen molar-refractivity contribution in [2.24, 2.45) is 0 Å². The molecule has 1 saturated heterocycles. The molecule has 13 heteroatoms. The Kier molecular flexibility index (Phi) is 8.29. The first-order chi connectivity index (χ1) is 17.7. The van der Waals surface area contributed by atoms with Crippen molar-refractivity contribution in [1.29, 1.82) is 0 Å². The van der Waals surface area contributed by atoms with Gasteiger partial charge in [0.25, 0.3) is 0 Å². The van der Waals surface area contributed by atoms with Gasteiger partial charge in [0.05, 0.1) is 19.4 Å². The third kappa shape index (κ3) is 5.55. The van der Waals surface area contributed by atoms with E-state index in [1.807, 2.05) is 0 Å². The Morgan fingerprint density at radius 1 is 1.16 bits per heavy atom. The Labute approximate surface area is 209 Å². The molecule has 0 saturated carbocycles. The van der Waals surface area contributed by atoms with E-state index in [0.717, 1.165) is 16.8 Å². The van der Waals surface area contributed by atoms with Crippen LogP contribution >= 0.6 is 0 Å². The van der Waals surface area contributed by atoms with Gasteiger partial charge in [0.15, 0.2) is 23.2 Å². The van der Waals surface area contributed by atoms with E-state index >= 15 is 0 Å². The highest BCUT2D eigenvalue weighted by Gasteiger charge is 2.50. The lowest BCUT2D eigenvalue weighted by atomic mass is 9.88. The number of carbonyl (C=O) groups is 1. The Balaban J connectivity index is 1.64. The van der Waals surface area contributed by atoms with E-state index in [2.05, 4.69) is 15.3 Å². The van der Waals surface area contributed by atoms with Crippen molar-refractivity contribution in [2.75, 3.05) is 6.61 Å². The van der Waals surface area contributed by atoms with Crippen molar-refractivity contribution in [2.45, 2.75) is 56.5 Å². The summed E-state index contributed by atoms with van der Waals surface area (Å²) in [5.74, 6) is -4.88. The van der Waals surface area contributed by atoms with Gasteiger partial charge >= 0.3 is 0 Å². The fraction of sp³-hybridized carbons (Fsp3) is 0.417. The monoisotopic (exact) mass is 522 g/mol. The van der Waals surface area contributed by atoms with Crippen molar-refractivity contribution in [3.63, 3.8) is 0 Å². The maximum Gasteiger partial charge on any atom is 0.194 e. The van der Waals surface area contributed by atoms with E-state index in [4.69, 9.17) is 9.47 Å². The van der Waals surface area contributed by atoms with Crippen molar-refractivity contribution in [1.82, 2.24) is 20.0 Å². The molecule has 2 aromatic heterocycles. The SMILES string of the molecule is CCC(=O)[C@@H](OCc1ccncc1)[C@@H]1OC(CO)[C@H](O)[C@H](n2cc(-c3cc(F)c(F)c(F)c3)nn2)C1O. The molecular weight excluding hydrogens is 497 g/mol. The predicted octanol–water partition coefficient (Wildman–Crippen LogP) is 1.34. The molecule has 3 aromatic rings. The lowest BCUT2D eigenvalue weighted by Gasteiger charge is -2.44. The third-order valence-electron chi connectivity index (χ3n) is 6.17. The number of aromatic nitrogens is 4. The summed E-state index contributed by atoms with van der Waals surface area (Å²) in [5, 5.41) is 39.5. The molecule has 2 unspecified atom stereocenters. The fourth-order valence-electron chi connectivity index (χ4n) is 4.19. The van der Waals surface area contributed by atoms with Crippen molar-refractivity contribution < 1.29 is 42.8 Å². The Bertz CT molecular complexity index is 1210. The summed E-state index contributed by atoms with van der Waals surface area (Å²) >= 11 is 0. The van der Waals surface area contributed by atoms with E-state index in [1.54, 1.807) is 31.5 Å². The number of carbonyl (C=O) groups excluding carboxylic acids is 1. The number of ketones is 1. The molecule has 0 aliphatic carbocycles. The highest BCUT2D eigenvalue weighted by atomic mass is 19.2. The second-order valence-corrected chi connectivity index (χ2v) is 8.54. The lowest BCUT2D eigenvalue weighted by molar-refractivity contribution is -0.234. The minimum Gasteiger partial charge on any atom is -0.394 e. The molecule has 4 rings (SSSR count). The Morgan fingerprint density at radius 2 is 1.84 bits per heavy atom. The molecular formula is C24H25F3N4O6. The lowest BCUT2D eigenvalue weighted by Crippen LogP contribution is -2.60. The number of halogens is 3. The molecule has 1 aliphatic rings. The number of hydrogen-bond donors (Lipinski definition) is 3. The van der Waals surface area contributed by atoms with E-state index in [0.29, 0.717) is 5.56 Å². The zero-order valence-corrected chi connectivity index (χ0v) is 19.6. The van der Waals surface area contributed by atoms with Gasteiger partial charge < -0.3 is 24.8 Å². The number of pyridine rings is 1. The van der Waals surface area contributed by atoms with Crippen LogP contribution in [-0.4, -0.2) is 78.2 Å². The number of hydrogen-bond acceptors (Lipinski definition) is 9. The zero-order chi connectivity index (χ0) is 26.7. The average Bonchev–Trinajstić information content (AvgIpc) is 3.38. The Morgan fingerprint density at radius 3 is 2.46 bits per heavy atom. The fourth-order valence-corrected chi connectivity index (χ4v) is 4.19. The van der Waals surface area contributed by atoms with Gasteiger partial charge in [-0.15, -0.1) is 5.10 Å². The third-order valence-corrected chi connectivity index (χ3v) is 6.17. The van der Waals surface area contributed by atoms with Crippen LogP contribution in [0, 0.1) is 17.5 Å². The van der Waals surface area contributed by atoms with E-state index in [9.17, 15) is 33.3 Å². The average molecular weight is 522 g/mol. The summed E-state index contributed by atoms with van der Waals surface area (Å²) in [4.78, 5) is 16.7. The zero-order valence-electron chi connectivity index (χ0n) is 19.6. The molecule has 1 aliphatic heterocycles. The second kappa shape index (κ2) is 11.4. The van der Waals surface area contributed by atoms with Crippen LogP contribution in [0.3, 0.4) is 0 Å². The second-order valence-electron chi connectivity index (χ2n) is 8.54. The maximum absolute atomic E-state index is 13.7. The first kappa shape index (κ1) is 26.8. The number of aliphatic hydroxyl groups excluding tert-OH is 3. The van der Waals surface area contributed by atoms with Crippen LogP contribution in [0.25, 0.3) is 11.3 Å². The van der Waals surface area contributed by atoms with Gasteiger partial charge in [-0.25, -0.2) is 17.9 Å². The first-order valence-electron chi connectivity index (χ1n) is 11.5. The summed E-state index contributed by atoms with van der Waals surface area (Å²) in [5.41, 5.74) is 0.508. The molecule has 3 N–H and O–H groups in total. The molecule has 1 fully saturated rings. The first-order valence-corrected chi connectivity index (χ1v) is 11.5. The maximum atomic E-state index is 13.7. The topological polar surface area (TPSA) is 140 Å². The molecule has 0 amide bonds. The molecule has 0 spiro atoms. The molecule has 10 nitrogen and oxygen atoms in total. The number of rotatable bonds is 9. The molecule has 3 heterocycles. The summed E-state index contributed by atoms with van der Waals surface area (Å²) < 4.78 is 53.3. The normalized spacial score (nSPS) is 24.7. The number of ether oxygens (including phenoxy) is 2. The van der Waals surface area contributed by atoms with Crippen molar-refractivity contribution in [3.05, 3.63) is 65.9 Å². The van der Waals surface area contributed by atoms with Gasteiger partial charge in [0.1, 0.15) is 42.3 Å². The quantitative estimate of drug-likeness (QED) is 0.355. The molecule has 198 valence electrons. The summed E-state index contributed by atoms with van der Waals surface area (Å²) in [7, 11) is 0. The summed E-state index contributed by atoms with van der Waals surface area (Å²) in [6.45, 7) is 0.951. The summed E-state index contributed by atoms with van der Waals surface area (Å²) in [6, 6.07) is 3.54. The van der Waals surface area contributed by atoms with Crippen LogP contribution < -0.4 is 0 Å². The van der Waals surface area contributed by atoms with Gasteiger partial charge in [0, 0.05) is 24.4 Å². The molecule has 0 bridgehead atoms. The number of Topliss-reactive ketones (excluding diaryl/α,β-unsaturated/α-hetero) is 1. The highest BCUT2D eigenvalue weighted by molar-refractivity contribution is 5.83. The largest absolute Gasteiger partial charge is 0.394 e. The van der Waals surface area contributed by atoms with Crippen LogP contribution in [0.4, 0.5) is 13.2 Å². The van der Waals surface area contributed by atoms with Gasteiger partial charge in [-0.2, -0.15) is 0 Å². The molecule has 6 atom stereocenters. The number of benzene rings is 1. The smallest absolute Gasteiger partial charge is 0.194 e. The number of aliphatic hydroxyl groups is 3. The van der Waals surface area contributed by atoms with E-state index in [1.165, 1.54) is 6.20 Å². The van der Waals surface area contributed by atoms with Gasteiger partial charge in [-0.3, -0.25) is 9.78 Å².